The molecule has 0 saturated heterocycles. The number of halogens is 3. The maximum atomic E-state index is 12.3. The zero-order valence-electron chi connectivity index (χ0n) is 13.8. The van der Waals surface area contributed by atoms with Crippen LogP contribution in [0.25, 0.3) is 0 Å². The van der Waals surface area contributed by atoms with Gasteiger partial charge in [-0.25, -0.2) is 0 Å². The first-order valence-electron chi connectivity index (χ1n) is 7.81. The molecule has 1 aliphatic rings. The van der Waals surface area contributed by atoms with Gasteiger partial charge in [0.1, 0.15) is 5.75 Å². The molecule has 0 fully saturated rings. The number of carbonyl (C=O) groups is 2. The third-order valence-corrected chi connectivity index (χ3v) is 3.96. The Morgan fingerprint density at radius 1 is 1.12 bits per heavy atom. The number of fused-ring (bicyclic) bond motifs is 1. The molecule has 0 atom stereocenters. The second-order valence-electron chi connectivity index (χ2n) is 5.79. The summed E-state index contributed by atoms with van der Waals surface area (Å²) in [5, 5.41) is 2.62. The Morgan fingerprint density at radius 3 is 2.42 bits per heavy atom. The van der Waals surface area contributed by atoms with E-state index >= 15 is 0 Å². The highest BCUT2D eigenvalue weighted by molar-refractivity contribution is 6.05. The fourth-order valence-corrected chi connectivity index (χ4v) is 2.81. The van der Waals surface area contributed by atoms with Gasteiger partial charge in [-0.2, -0.15) is 0 Å². The topological polar surface area (TPSA) is 58.6 Å². The minimum absolute atomic E-state index is 0.0536. The van der Waals surface area contributed by atoms with Gasteiger partial charge < -0.3 is 15.0 Å². The predicted molar refractivity (Wildman–Crippen MR) is 89.3 cm³/mol. The highest BCUT2D eigenvalue weighted by Crippen LogP contribution is 2.29. The predicted octanol–water partition coefficient (Wildman–Crippen LogP) is 3.75. The van der Waals surface area contributed by atoms with Gasteiger partial charge >= 0.3 is 6.36 Å². The Hall–Kier alpha value is -3.03. The number of nitrogens with zero attached hydrogens (tertiary/aromatic N) is 1. The maximum absolute atomic E-state index is 12.3. The van der Waals surface area contributed by atoms with Crippen molar-refractivity contribution in [2.75, 3.05) is 16.8 Å². The van der Waals surface area contributed by atoms with E-state index in [2.05, 4.69) is 10.1 Å². The van der Waals surface area contributed by atoms with Gasteiger partial charge in [0.15, 0.2) is 0 Å². The molecule has 1 heterocycles. The van der Waals surface area contributed by atoms with Gasteiger partial charge in [0.05, 0.1) is 0 Å². The summed E-state index contributed by atoms with van der Waals surface area (Å²) in [5.41, 5.74) is 2.45. The third-order valence-electron chi connectivity index (χ3n) is 3.96. The van der Waals surface area contributed by atoms with Gasteiger partial charge in [0.2, 0.25) is 5.91 Å². The second-order valence-corrected chi connectivity index (χ2v) is 5.79. The molecule has 26 heavy (non-hydrogen) atoms. The van der Waals surface area contributed by atoms with Crippen LogP contribution in [0.4, 0.5) is 24.5 Å². The van der Waals surface area contributed by atoms with E-state index in [1.54, 1.807) is 23.1 Å². The van der Waals surface area contributed by atoms with Crippen molar-refractivity contribution >= 4 is 23.2 Å². The van der Waals surface area contributed by atoms with Crippen LogP contribution < -0.4 is 15.0 Å². The number of hydrogen-bond acceptors (Lipinski definition) is 3. The van der Waals surface area contributed by atoms with Crippen molar-refractivity contribution in [1.29, 1.82) is 0 Å². The number of carbonyl (C=O) groups excluding carboxylic acids is 2. The van der Waals surface area contributed by atoms with E-state index in [9.17, 15) is 22.8 Å². The molecule has 0 bridgehead atoms. The SMILES string of the molecule is CC(=O)N1CCc2cc(C(=O)Nc3ccc(OC(F)(F)F)cc3)ccc21. The molecule has 1 aliphatic heterocycles. The van der Waals surface area contributed by atoms with Crippen LogP contribution in [0.15, 0.2) is 42.5 Å². The monoisotopic (exact) mass is 364 g/mol. The van der Waals surface area contributed by atoms with E-state index in [-0.39, 0.29) is 11.7 Å². The molecule has 3 rings (SSSR count). The highest BCUT2D eigenvalue weighted by atomic mass is 19.4. The first-order valence-corrected chi connectivity index (χ1v) is 7.81. The van der Waals surface area contributed by atoms with Gasteiger partial charge in [0.25, 0.3) is 5.91 Å². The molecule has 0 saturated carbocycles. The van der Waals surface area contributed by atoms with Gasteiger partial charge in [-0.05, 0) is 54.4 Å². The fraction of sp³-hybridized carbons (Fsp3) is 0.222. The Labute approximate surface area is 147 Å². The first-order chi connectivity index (χ1) is 12.2. The smallest absolute Gasteiger partial charge is 0.406 e. The number of hydrogen-bond donors (Lipinski definition) is 1. The van der Waals surface area contributed by atoms with Crippen LogP contribution >= 0.6 is 0 Å². The average Bonchev–Trinajstić information content (AvgIpc) is 2.98. The van der Waals surface area contributed by atoms with Crippen molar-refractivity contribution in [3.8, 4) is 5.75 Å². The summed E-state index contributed by atoms with van der Waals surface area (Å²) < 4.78 is 40.2. The third kappa shape index (κ3) is 3.96. The minimum atomic E-state index is -4.76. The molecule has 1 N–H and O–H groups in total. The zero-order valence-corrected chi connectivity index (χ0v) is 13.8. The van der Waals surface area contributed by atoms with Crippen molar-refractivity contribution in [2.24, 2.45) is 0 Å². The van der Waals surface area contributed by atoms with Gasteiger partial charge in [-0.3, -0.25) is 9.59 Å². The number of nitrogens with one attached hydrogen (secondary N) is 1. The lowest BCUT2D eigenvalue weighted by Gasteiger charge is -2.15. The van der Waals surface area contributed by atoms with Crippen LogP contribution in [0.1, 0.15) is 22.8 Å². The van der Waals surface area contributed by atoms with Crippen LogP contribution in [0.2, 0.25) is 0 Å². The van der Waals surface area contributed by atoms with E-state index in [1.165, 1.54) is 19.1 Å². The molecular weight excluding hydrogens is 349 g/mol. The number of benzene rings is 2. The van der Waals surface area contributed by atoms with Crippen molar-refractivity contribution in [1.82, 2.24) is 0 Å². The second kappa shape index (κ2) is 6.70. The zero-order chi connectivity index (χ0) is 18.9. The van der Waals surface area contributed by atoms with Gasteiger partial charge in [0, 0.05) is 30.4 Å². The number of rotatable bonds is 3. The fourth-order valence-electron chi connectivity index (χ4n) is 2.81. The lowest BCUT2D eigenvalue weighted by atomic mass is 10.1. The van der Waals surface area contributed by atoms with Crippen molar-refractivity contribution in [2.45, 2.75) is 19.7 Å². The van der Waals surface area contributed by atoms with Gasteiger partial charge in [-0.15, -0.1) is 13.2 Å². The molecule has 0 unspecified atom stereocenters. The molecule has 0 aromatic heterocycles. The molecule has 5 nitrogen and oxygen atoms in total. The summed E-state index contributed by atoms with van der Waals surface area (Å²) in [5.74, 6) is -0.807. The molecular formula is C18H15F3N2O3. The molecule has 136 valence electrons. The standard InChI is InChI=1S/C18H15F3N2O3/c1-11(24)23-9-8-12-10-13(2-7-16(12)23)17(25)22-14-3-5-15(6-4-14)26-18(19,20)21/h2-7,10H,8-9H2,1H3,(H,22,25). The number of anilines is 2. The molecule has 0 spiro atoms. The van der Waals surface area contributed by atoms with Crippen LogP contribution in [0, 0.1) is 0 Å². The van der Waals surface area contributed by atoms with E-state index in [1.807, 2.05) is 0 Å². The molecule has 2 aromatic carbocycles. The van der Waals surface area contributed by atoms with Crippen molar-refractivity contribution in [3.63, 3.8) is 0 Å². The van der Waals surface area contributed by atoms with Crippen molar-refractivity contribution < 1.29 is 27.5 Å². The number of ether oxygens (including phenoxy) is 1. The van der Waals surface area contributed by atoms with E-state index in [4.69, 9.17) is 0 Å². The van der Waals surface area contributed by atoms with E-state index in [0.717, 1.165) is 23.4 Å². The van der Waals surface area contributed by atoms with Crippen LogP contribution in [0.3, 0.4) is 0 Å². The van der Waals surface area contributed by atoms with Crippen LogP contribution in [-0.4, -0.2) is 24.7 Å². The quantitative estimate of drug-likeness (QED) is 0.903. The Bertz CT molecular complexity index is 848. The lowest BCUT2D eigenvalue weighted by Crippen LogP contribution is -2.25. The largest absolute Gasteiger partial charge is 0.573 e. The molecule has 0 radical (unpaired) electrons. The summed E-state index contributed by atoms with van der Waals surface area (Å²) in [6.45, 7) is 2.07. The normalized spacial score (nSPS) is 13.3. The first kappa shape index (κ1) is 17.8. The Kier molecular flexibility index (Phi) is 4.58. The summed E-state index contributed by atoms with van der Waals surface area (Å²) in [7, 11) is 0. The molecule has 2 amide bonds. The lowest BCUT2D eigenvalue weighted by molar-refractivity contribution is -0.274. The summed E-state index contributed by atoms with van der Waals surface area (Å²) in [6, 6.07) is 9.94. The molecule has 2 aromatic rings. The van der Waals surface area contributed by atoms with E-state index in [0.29, 0.717) is 24.2 Å². The van der Waals surface area contributed by atoms with Crippen molar-refractivity contribution in [3.05, 3.63) is 53.6 Å². The van der Waals surface area contributed by atoms with E-state index < -0.39 is 12.3 Å². The summed E-state index contributed by atoms with van der Waals surface area (Å²) in [4.78, 5) is 25.5. The number of amides is 2. The summed E-state index contributed by atoms with van der Waals surface area (Å²) in [6.07, 6.45) is -4.09. The Morgan fingerprint density at radius 2 is 1.81 bits per heavy atom. The Balaban J connectivity index is 1.70. The number of alkyl halides is 3. The van der Waals surface area contributed by atoms with Crippen LogP contribution in [0.5, 0.6) is 5.75 Å². The maximum Gasteiger partial charge on any atom is 0.573 e. The van der Waals surface area contributed by atoms with Gasteiger partial charge in [-0.1, -0.05) is 0 Å². The molecule has 8 heteroatoms. The highest BCUT2D eigenvalue weighted by Gasteiger charge is 2.31. The van der Waals surface area contributed by atoms with Crippen LogP contribution in [-0.2, 0) is 11.2 Å². The minimum Gasteiger partial charge on any atom is -0.406 e. The molecule has 0 aliphatic carbocycles. The average molecular weight is 364 g/mol. The summed E-state index contributed by atoms with van der Waals surface area (Å²) >= 11 is 0.